The molecule has 0 fully saturated rings. The van der Waals surface area contributed by atoms with E-state index < -0.39 is 5.91 Å². The van der Waals surface area contributed by atoms with E-state index >= 15 is 0 Å². The predicted octanol–water partition coefficient (Wildman–Crippen LogP) is 3.23. The Morgan fingerprint density at radius 1 is 1.07 bits per heavy atom. The molecule has 0 bridgehead atoms. The number of nitrogens with zero attached hydrogens (tertiary/aromatic N) is 2. The van der Waals surface area contributed by atoms with E-state index in [0.29, 0.717) is 17.1 Å². The third kappa shape index (κ3) is 4.29. The molecule has 0 unspecified atom stereocenters. The third-order valence-electron chi connectivity index (χ3n) is 3.90. The monoisotopic (exact) mass is 379 g/mol. The molecule has 0 radical (unpaired) electrons. The molecule has 0 spiro atoms. The first-order chi connectivity index (χ1) is 13.5. The molecule has 0 atom stereocenters. The molecule has 0 aliphatic rings. The molecule has 0 aliphatic carbocycles. The van der Waals surface area contributed by atoms with E-state index in [1.807, 2.05) is 32.0 Å². The van der Waals surface area contributed by atoms with Crippen LogP contribution in [0.25, 0.3) is 0 Å². The number of hydrogen-bond acceptors (Lipinski definition) is 7. The average molecular weight is 379 g/mol. The standard InChI is InChI=1S/C20H21N5O3/c1-12-8-13(2)10-14(9-12)28-20-17(21)18(22-11-23-20)24-25-19(26)15-6-4-5-7-16(15)27-3/h4-11H,21H2,1-3H3,(H,25,26)(H,22,23,24). The summed E-state index contributed by atoms with van der Waals surface area (Å²) >= 11 is 0. The molecule has 4 N–H and O–H groups in total. The van der Waals surface area contributed by atoms with Crippen LogP contribution in [0.4, 0.5) is 11.5 Å². The van der Waals surface area contributed by atoms with Crippen molar-refractivity contribution in [2.45, 2.75) is 13.8 Å². The lowest BCUT2D eigenvalue weighted by atomic mass is 10.1. The zero-order valence-corrected chi connectivity index (χ0v) is 15.8. The number of methoxy groups -OCH3 is 1. The van der Waals surface area contributed by atoms with Crippen molar-refractivity contribution in [1.29, 1.82) is 0 Å². The van der Waals surface area contributed by atoms with Crippen LogP contribution in [0, 0.1) is 13.8 Å². The highest BCUT2D eigenvalue weighted by Crippen LogP contribution is 2.30. The highest BCUT2D eigenvalue weighted by molar-refractivity contribution is 5.97. The lowest BCUT2D eigenvalue weighted by Gasteiger charge is -2.14. The number of nitrogens with one attached hydrogen (secondary N) is 2. The highest BCUT2D eigenvalue weighted by atomic mass is 16.5. The van der Waals surface area contributed by atoms with Crippen LogP contribution in [-0.2, 0) is 0 Å². The van der Waals surface area contributed by atoms with Crippen LogP contribution in [0.1, 0.15) is 21.5 Å². The molecule has 0 saturated heterocycles. The van der Waals surface area contributed by atoms with Gasteiger partial charge in [0.25, 0.3) is 5.91 Å². The number of anilines is 2. The van der Waals surface area contributed by atoms with Crippen LogP contribution in [0.3, 0.4) is 0 Å². The largest absolute Gasteiger partial charge is 0.496 e. The predicted molar refractivity (Wildman–Crippen MR) is 107 cm³/mol. The second-order valence-electron chi connectivity index (χ2n) is 6.15. The van der Waals surface area contributed by atoms with Gasteiger partial charge in [0, 0.05) is 0 Å². The van der Waals surface area contributed by atoms with Gasteiger partial charge in [0.15, 0.2) is 5.82 Å². The van der Waals surface area contributed by atoms with Gasteiger partial charge in [-0.15, -0.1) is 0 Å². The number of hydrogen-bond donors (Lipinski definition) is 3. The Kier molecular flexibility index (Phi) is 5.59. The molecular formula is C20H21N5O3. The van der Waals surface area contributed by atoms with Crippen LogP contribution in [-0.4, -0.2) is 23.0 Å². The molecule has 3 rings (SSSR count). The minimum atomic E-state index is -0.396. The summed E-state index contributed by atoms with van der Waals surface area (Å²) in [7, 11) is 1.50. The SMILES string of the molecule is COc1ccccc1C(=O)NNc1ncnc(Oc2cc(C)cc(C)c2)c1N. The highest BCUT2D eigenvalue weighted by Gasteiger charge is 2.14. The van der Waals surface area contributed by atoms with Gasteiger partial charge >= 0.3 is 0 Å². The van der Waals surface area contributed by atoms with Crippen molar-refractivity contribution in [2.75, 3.05) is 18.3 Å². The second kappa shape index (κ2) is 8.26. The van der Waals surface area contributed by atoms with E-state index in [9.17, 15) is 4.79 Å². The molecule has 2 aromatic carbocycles. The number of aromatic nitrogens is 2. The fourth-order valence-electron chi connectivity index (χ4n) is 2.68. The van der Waals surface area contributed by atoms with Crippen molar-refractivity contribution in [2.24, 2.45) is 0 Å². The summed E-state index contributed by atoms with van der Waals surface area (Å²) in [6, 6.07) is 12.7. The summed E-state index contributed by atoms with van der Waals surface area (Å²) in [6.07, 6.45) is 1.30. The minimum Gasteiger partial charge on any atom is -0.496 e. The Bertz CT molecular complexity index is 987. The van der Waals surface area contributed by atoms with Gasteiger partial charge in [0.05, 0.1) is 12.7 Å². The molecule has 28 heavy (non-hydrogen) atoms. The fraction of sp³-hybridized carbons (Fsp3) is 0.150. The van der Waals surface area contributed by atoms with Gasteiger partial charge in [0.2, 0.25) is 5.88 Å². The Morgan fingerprint density at radius 3 is 2.50 bits per heavy atom. The van der Waals surface area contributed by atoms with Gasteiger partial charge in [-0.2, -0.15) is 4.98 Å². The lowest BCUT2D eigenvalue weighted by Crippen LogP contribution is -2.30. The van der Waals surface area contributed by atoms with Crippen LogP contribution >= 0.6 is 0 Å². The van der Waals surface area contributed by atoms with Crippen molar-refractivity contribution >= 4 is 17.4 Å². The second-order valence-corrected chi connectivity index (χ2v) is 6.15. The first-order valence-electron chi connectivity index (χ1n) is 8.54. The topological polar surface area (TPSA) is 111 Å². The number of aryl methyl sites for hydroxylation is 2. The third-order valence-corrected chi connectivity index (χ3v) is 3.90. The average Bonchev–Trinajstić information content (AvgIpc) is 2.67. The van der Waals surface area contributed by atoms with Crippen LogP contribution in [0.15, 0.2) is 48.8 Å². The summed E-state index contributed by atoms with van der Waals surface area (Å²) in [5.74, 6) is 1.09. The zero-order valence-electron chi connectivity index (χ0n) is 15.8. The lowest BCUT2D eigenvalue weighted by molar-refractivity contribution is 0.0959. The van der Waals surface area contributed by atoms with Gasteiger partial charge in [-0.25, -0.2) is 4.98 Å². The minimum absolute atomic E-state index is 0.169. The number of para-hydroxylation sites is 1. The van der Waals surface area contributed by atoms with Gasteiger partial charge in [0.1, 0.15) is 23.5 Å². The first kappa shape index (κ1) is 19.0. The number of amides is 1. The zero-order chi connectivity index (χ0) is 20.1. The van der Waals surface area contributed by atoms with E-state index in [2.05, 4.69) is 20.8 Å². The van der Waals surface area contributed by atoms with Crippen molar-refractivity contribution < 1.29 is 14.3 Å². The number of ether oxygens (including phenoxy) is 2. The van der Waals surface area contributed by atoms with Crippen LogP contribution in [0.5, 0.6) is 17.4 Å². The van der Waals surface area contributed by atoms with E-state index in [4.69, 9.17) is 15.2 Å². The van der Waals surface area contributed by atoms with Crippen LogP contribution in [0.2, 0.25) is 0 Å². The van der Waals surface area contributed by atoms with Crippen molar-refractivity contribution in [1.82, 2.24) is 15.4 Å². The summed E-state index contributed by atoms with van der Waals surface area (Å²) in [6.45, 7) is 3.95. The molecule has 0 saturated carbocycles. The van der Waals surface area contributed by atoms with Gasteiger partial charge in [-0.1, -0.05) is 18.2 Å². The molecule has 1 amide bonds. The number of carbonyl (C=O) groups is 1. The van der Waals surface area contributed by atoms with Crippen molar-refractivity contribution in [3.8, 4) is 17.4 Å². The van der Waals surface area contributed by atoms with Crippen molar-refractivity contribution in [3.05, 3.63) is 65.5 Å². The number of benzene rings is 2. The molecule has 1 heterocycles. The van der Waals surface area contributed by atoms with Crippen molar-refractivity contribution in [3.63, 3.8) is 0 Å². The molecule has 3 aromatic rings. The molecular weight excluding hydrogens is 358 g/mol. The number of rotatable bonds is 6. The molecule has 8 heteroatoms. The summed E-state index contributed by atoms with van der Waals surface area (Å²) in [5.41, 5.74) is 14.0. The normalized spacial score (nSPS) is 10.2. The van der Waals surface area contributed by atoms with Gasteiger partial charge < -0.3 is 15.2 Å². The summed E-state index contributed by atoms with van der Waals surface area (Å²) < 4.78 is 11.0. The number of nitrogen functional groups attached to an aromatic ring is 1. The number of nitrogens with two attached hydrogens (primary N) is 1. The molecule has 1 aromatic heterocycles. The maximum Gasteiger partial charge on any atom is 0.273 e. The molecule has 144 valence electrons. The maximum atomic E-state index is 12.4. The smallest absolute Gasteiger partial charge is 0.273 e. The Labute approximate surface area is 162 Å². The Balaban J connectivity index is 1.75. The summed E-state index contributed by atoms with van der Waals surface area (Å²) in [5, 5.41) is 0. The van der Waals surface area contributed by atoms with Gasteiger partial charge in [-0.05, 0) is 49.2 Å². The Morgan fingerprint density at radius 2 is 1.79 bits per heavy atom. The number of hydrazine groups is 1. The van der Waals surface area contributed by atoms with E-state index in [0.717, 1.165) is 11.1 Å². The molecule has 8 nitrogen and oxygen atoms in total. The molecule has 0 aliphatic heterocycles. The maximum absolute atomic E-state index is 12.4. The van der Waals surface area contributed by atoms with E-state index in [1.54, 1.807) is 24.3 Å². The quantitative estimate of drug-likeness (QED) is 0.564. The van der Waals surface area contributed by atoms with Crippen LogP contribution < -0.4 is 26.1 Å². The van der Waals surface area contributed by atoms with Gasteiger partial charge in [-0.3, -0.25) is 15.6 Å². The number of carbonyl (C=O) groups excluding carboxylic acids is 1. The fourth-order valence-corrected chi connectivity index (χ4v) is 2.68. The Hall–Kier alpha value is -3.81. The first-order valence-corrected chi connectivity index (χ1v) is 8.54. The summed E-state index contributed by atoms with van der Waals surface area (Å²) in [4.78, 5) is 20.5. The van der Waals surface area contributed by atoms with E-state index in [1.165, 1.54) is 13.4 Å². The van der Waals surface area contributed by atoms with E-state index in [-0.39, 0.29) is 17.4 Å².